The summed E-state index contributed by atoms with van der Waals surface area (Å²) in [5.74, 6) is 1.43. The van der Waals surface area contributed by atoms with Crippen LogP contribution in [-0.4, -0.2) is 50.2 Å². The molecular weight excluding hydrogens is 228 g/mol. The zero-order valence-electron chi connectivity index (χ0n) is 12.0. The molecule has 4 heteroatoms. The SMILES string of the molecule is CCC1C2CNCC2CN1CC(C)(C)C(=O)OC. The second kappa shape index (κ2) is 5.17. The van der Waals surface area contributed by atoms with Gasteiger partial charge in [-0.05, 0) is 45.2 Å². The monoisotopic (exact) mass is 254 g/mol. The Balaban J connectivity index is 2.03. The highest BCUT2D eigenvalue weighted by Crippen LogP contribution is 2.36. The van der Waals surface area contributed by atoms with Crippen molar-refractivity contribution in [1.29, 1.82) is 0 Å². The van der Waals surface area contributed by atoms with Crippen LogP contribution in [0, 0.1) is 17.3 Å². The molecule has 2 rings (SSSR count). The van der Waals surface area contributed by atoms with Crippen molar-refractivity contribution in [1.82, 2.24) is 10.2 Å². The van der Waals surface area contributed by atoms with Gasteiger partial charge in [0, 0.05) is 19.1 Å². The van der Waals surface area contributed by atoms with Gasteiger partial charge in [0.05, 0.1) is 12.5 Å². The summed E-state index contributed by atoms with van der Waals surface area (Å²) in [5, 5.41) is 3.49. The Labute approximate surface area is 110 Å². The molecule has 2 heterocycles. The smallest absolute Gasteiger partial charge is 0.312 e. The Morgan fingerprint density at radius 2 is 2.17 bits per heavy atom. The van der Waals surface area contributed by atoms with E-state index >= 15 is 0 Å². The van der Waals surface area contributed by atoms with E-state index in [1.807, 2.05) is 13.8 Å². The molecule has 2 fully saturated rings. The second-order valence-electron chi connectivity index (χ2n) is 6.36. The first-order valence-corrected chi connectivity index (χ1v) is 7.02. The third-order valence-electron chi connectivity index (χ3n) is 4.58. The fourth-order valence-corrected chi connectivity index (χ4v) is 3.70. The predicted octanol–water partition coefficient (Wildman–Crippen LogP) is 1.12. The lowest BCUT2D eigenvalue weighted by molar-refractivity contribution is -0.152. The van der Waals surface area contributed by atoms with Gasteiger partial charge in [0.1, 0.15) is 0 Å². The maximum atomic E-state index is 11.8. The fraction of sp³-hybridized carbons (Fsp3) is 0.929. The van der Waals surface area contributed by atoms with E-state index in [2.05, 4.69) is 17.1 Å². The highest BCUT2D eigenvalue weighted by molar-refractivity contribution is 5.76. The summed E-state index contributed by atoms with van der Waals surface area (Å²) in [6.45, 7) is 10.4. The third kappa shape index (κ3) is 2.41. The van der Waals surface area contributed by atoms with Crippen LogP contribution in [0.3, 0.4) is 0 Å². The zero-order valence-corrected chi connectivity index (χ0v) is 12.0. The van der Waals surface area contributed by atoms with Crippen molar-refractivity contribution < 1.29 is 9.53 Å². The summed E-state index contributed by atoms with van der Waals surface area (Å²) < 4.78 is 4.91. The Kier molecular flexibility index (Phi) is 3.97. The van der Waals surface area contributed by atoms with Crippen LogP contribution in [0.1, 0.15) is 27.2 Å². The summed E-state index contributed by atoms with van der Waals surface area (Å²) in [7, 11) is 1.48. The van der Waals surface area contributed by atoms with Gasteiger partial charge in [0.25, 0.3) is 0 Å². The Bertz CT molecular complexity index is 317. The first kappa shape index (κ1) is 13.8. The number of likely N-dealkylation sites (tertiary alicyclic amines) is 1. The number of nitrogens with zero attached hydrogens (tertiary/aromatic N) is 1. The van der Waals surface area contributed by atoms with Crippen LogP contribution >= 0.6 is 0 Å². The van der Waals surface area contributed by atoms with E-state index in [4.69, 9.17) is 4.74 Å². The number of hydrogen-bond acceptors (Lipinski definition) is 4. The summed E-state index contributed by atoms with van der Waals surface area (Å²) >= 11 is 0. The molecular formula is C14H26N2O2. The number of nitrogens with one attached hydrogen (secondary N) is 1. The molecule has 0 aromatic heterocycles. The van der Waals surface area contributed by atoms with Gasteiger partial charge < -0.3 is 10.1 Å². The van der Waals surface area contributed by atoms with Crippen LogP contribution in [0.15, 0.2) is 0 Å². The summed E-state index contributed by atoms with van der Waals surface area (Å²) in [5.41, 5.74) is -0.408. The van der Waals surface area contributed by atoms with Crippen molar-refractivity contribution in [3.8, 4) is 0 Å². The highest BCUT2D eigenvalue weighted by Gasteiger charge is 2.45. The molecule has 0 amide bonds. The molecule has 0 aromatic carbocycles. The van der Waals surface area contributed by atoms with Gasteiger partial charge in [-0.25, -0.2) is 0 Å². The lowest BCUT2D eigenvalue weighted by atomic mass is 9.90. The van der Waals surface area contributed by atoms with Crippen LogP contribution in [0.25, 0.3) is 0 Å². The molecule has 2 aliphatic rings. The number of ether oxygens (including phenoxy) is 1. The summed E-state index contributed by atoms with van der Waals surface area (Å²) in [6, 6.07) is 0.619. The number of carbonyl (C=O) groups excluding carboxylic acids is 1. The largest absolute Gasteiger partial charge is 0.469 e. The topological polar surface area (TPSA) is 41.6 Å². The van der Waals surface area contributed by atoms with Gasteiger partial charge in [-0.15, -0.1) is 0 Å². The number of methoxy groups -OCH3 is 1. The molecule has 3 unspecified atom stereocenters. The molecule has 0 bridgehead atoms. The first-order valence-electron chi connectivity index (χ1n) is 7.02. The van der Waals surface area contributed by atoms with Crippen molar-refractivity contribution >= 4 is 5.97 Å². The molecule has 2 saturated heterocycles. The molecule has 0 radical (unpaired) electrons. The molecule has 104 valence electrons. The molecule has 4 nitrogen and oxygen atoms in total. The lowest BCUT2D eigenvalue weighted by Gasteiger charge is -2.33. The van der Waals surface area contributed by atoms with Crippen LogP contribution < -0.4 is 5.32 Å². The Morgan fingerprint density at radius 1 is 1.44 bits per heavy atom. The summed E-state index contributed by atoms with van der Waals surface area (Å²) in [4.78, 5) is 14.3. The number of esters is 1. The molecule has 1 N–H and O–H groups in total. The molecule has 0 saturated carbocycles. The van der Waals surface area contributed by atoms with E-state index in [0.29, 0.717) is 6.04 Å². The maximum Gasteiger partial charge on any atom is 0.312 e. The van der Waals surface area contributed by atoms with Crippen molar-refractivity contribution in [3.63, 3.8) is 0 Å². The van der Waals surface area contributed by atoms with E-state index in [0.717, 1.165) is 38.0 Å². The Morgan fingerprint density at radius 3 is 2.78 bits per heavy atom. The first-order chi connectivity index (χ1) is 8.49. The summed E-state index contributed by atoms with van der Waals surface area (Å²) in [6.07, 6.45) is 1.17. The number of hydrogen-bond donors (Lipinski definition) is 1. The third-order valence-corrected chi connectivity index (χ3v) is 4.58. The molecule has 0 spiro atoms. The van der Waals surface area contributed by atoms with Gasteiger partial charge in [0.15, 0.2) is 0 Å². The molecule has 2 aliphatic heterocycles. The quantitative estimate of drug-likeness (QED) is 0.763. The molecule has 0 aliphatic carbocycles. The fourth-order valence-electron chi connectivity index (χ4n) is 3.70. The van der Waals surface area contributed by atoms with Crippen LogP contribution in [0.2, 0.25) is 0 Å². The molecule has 3 atom stereocenters. The van der Waals surface area contributed by atoms with Crippen LogP contribution in [-0.2, 0) is 9.53 Å². The minimum atomic E-state index is -0.408. The predicted molar refractivity (Wildman–Crippen MR) is 71.3 cm³/mol. The van der Waals surface area contributed by atoms with E-state index < -0.39 is 5.41 Å². The number of carbonyl (C=O) groups is 1. The normalized spacial score (nSPS) is 32.6. The second-order valence-corrected chi connectivity index (χ2v) is 6.36. The van der Waals surface area contributed by atoms with Gasteiger partial charge in [0.2, 0.25) is 0 Å². The van der Waals surface area contributed by atoms with E-state index in [-0.39, 0.29) is 5.97 Å². The van der Waals surface area contributed by atoms with Crippen molar-refractivity contribution in [2.24, 2.45) is 17.3 Å². The van der Waals surface area contributed by atoms with Crippen molar-refractivity contribution in [3.05, 3.63) is 0 Å². The highest BCUT2D eigenvalue weighted by atomic mass is 16.5. The van der Waals surface area contributed by atoms with Gasteiger partial charge in [-0.2, -0.15) is 0 Å². The van der Waals surface area contributed by atoms with E-state index in [1.54, 1.807) is 0 Å². The van der Waals surface area contributed by atoms with E-state index in [1.165, 1.54) is 13.5 Å². The zero-order chi connectivity index (χ0) is 13.3. The maximum absolute atomic E-state index is 11.8. The van der Waals surface area contributed by atoms with Crippen LogP contribution in [0.4, 0.5) is 0 Å². The minimum absolute atomic E-state index is 0.104. The van der Waals surface area contributed by atoms with Gasteiger partial charge in [-0.1, -0.05) is 6.92 Å². The average Bonchev–Trinajstić information content (AvgIpc) is 2.87. The molecule has 18 heavy (non-hydrogen) atoms. The number of rotatable bonds is 4. The molecule has 0 aromatic rings. The minimum Gasteiger partial charge on any atom is -0.469 e. The van der Waals surface area contributed by atoms with Crippen molar-refractivity contribution in [2.75, 3.05) is 33.3 Å². The average molecular weight is 254 g/mol. The standard InChI is InChI=1S/C14H26N2O2/c1-5-12-11-7-15-6-10(11)8-16(12)9-14(2,3)13(17)18-4/h10-12,15H,5-9H2,1-4H3. The van der Waals surface area contributed by atoms with Crippen molar-refractivity contribution in [2.45, 2.75) is 33.2 Å². The van der Waals surface area contributed by atoms with Crippen LogP contribution in [0.5, 0.6) is 0 Å². The van der Waals surface area contributed by atoms with Gasteiger partial charge in [-0.3, -0.25) is 9.69 Å². The van der Waals surface area contributed by atoms with E-state index in [9.17, 15) is 4.79 Å². The Hall–Kier alpha value is -0.610. The van der Waals surface area contributed by atoms with Gasteiger partial charge >= 0.3 is 5.97 Å². The number of fused-ring (bicyclic) bond motifs is 1. The lowest BCUT2D eigenvalue weighted by Crippen LogP contribution is -2.44.